The van der Waals surface area contributed by atoms with E-state index >= 15 is 0 Å². The van der Waals surface area contributed by atoms with Crippen molar-refractivity contribution < 1.29 is 4.79 Å². The SMILES string of the molecule is CC[C@H](C)CCCCn1c(SCC(=O)N(CCC#N)c2ccccc2)nc2ccccc2c1=O. The molecule has 0 aliphatic heterocycles. The molecule has 0 saturated heterocycles. The molecular weight excluding hydrogens is 444 g/mol. The highest BCUT2D eigenvalue weighted by Crippen LogP contribution is 2.22. The number of hydrogen-bond acceptors (Lipinski definition) is 5. The van der Waals surface area contributed by atoms with Gasteiger partial charge in [0.2, 0.25) is 5.91 Å². The predicted octanol–water partition coefficient (Wildman–Crippen LogP) is 5.65. The number of benzene rings is 2. The molecule has 0 saturated carbocycles. The maximum absolute atomic E-state index is 13.3. The van der Waals surface area contributed by atoms with Gasteiger partial charge >= 0.3 is 0 Å². The first-order chi connectivity index (χ1) is 16.5. The topological polar surface area (TPSA) is 79.0 Å². The van der Waals surface area contributed by atoms with Gasteiger partial charge < -0.3 is 4.90 Å². The molecule has 1 amide bonds. The van der Waals surface area contributed by atoms with E-state index in [-0.39, 0.29) is 23.6 Å². The van der Waals surface area contributed by atoms with Crippen molar-refractivity contribution in [1.29, 1.82) is 5.26 Å². The third-order valence-corrected chi connectivity index (χ3v) is 6.95. The van der Waals surface area contributed by atoms with E-state index in [1.807, 2.05) is 48.5 Å². The molecule has 0 radical (unpaired) electrons. The average Bonchev–Trinajstić information content (AvgIpc) is 2.87. The normalized spacial score (nSPS) is 11.8. The van der Waals surface area contributed by atoms with Crippen LogP contribution in [0.3, 0.4) is 0 Å². The summed E-state index contributed by atoms with van der Waals surface area (Å²) in [6.07, 6.45) is 4.49. The van der Waals surface area contributed by atoms with Gasteiger partial charge in [-0.15, -0.1) is 0 Å². The smallest absolute Gasteiger partial charge is 0.262 e. The monoisotopic (exact) mass is 476 g/mol. The minimum atomic E-state index is -0.114. The molecule has 178 valence electrons. The Hall–Kier alpha value is -3.11. The van der Waals surface area contributed by atoms with E-state index in [1.165, 1.54) is 11.8 Å². The molecule has 0 aliphatic carbocycles. The second-order valence-corrected chi connectivity index (χ2v) is 9.40. The van der Waals surface area contributed by atoms with Crippen molar-refractivity contribution >= 4 is 34.3 Å². The third kappa shape index (κ3) is 6.71. The van der Waals surface area contributed by atoms with Crippen molar-refractivity contribution in [1.82, 2.24) is 9.55 Å². The van der Waals surface area contributed by atoms with Crippen molar-refractivity contribution in [3.05, 3.63) is 65.0 Å². The number of unbranched alkanes of at least 4 members (excludes halogenated alkanes) is 1. The van der Waals surface area contributed by atoms with Crippen LogP contribution >= 0.6 is 11.8 Å². The van der Waals surface area contributed by atoms with Crippen molar-refractivity contribution in [2.75, 3.05) is 17.2 Å². The van der Waals surface area contributed by atoms with Crippen LogP contribution in [0, 0.1) is 17.2 Å². The number of aromatic nitrogens is 2. The Kier molecular flexibility index (Phi) is 9.72. The molecule has 2 aromatic carbocycles. The lowest BCUT2D eigenvalue weighted by Crippen LogP contribution is -2.33. The number of thioether (sulfide) groups is 1. The Morgan fingerprint density at radius 1 is 1.15 bits per heavy atom. The van der Waals surface area contributed by atoms with Crippen LogP contribution < -0.4 is 10.5 Å². The highest BCUT2D eigenvalue weighted by atomic mass is 32.2. The van der Waals surface area contributed by atoms with E-state index in [0.29, 0.717) is 35.1 Å². The second kappa shape index (κ2) is 13.0. The highest BCUT2D eigenvalue weighted by Gasteiger charge is 2.18. The van der Waals surface area contributed by atoms with E-state index in [0.717, 1.165) is 31.4 Å². The van der Waals surface area contributed by atoms with Gasteiger partial charge in [0.1, 0.15) is 0 Å². The van der Waals surface area contributed by atoms with E-state index in [4.69, 9.17) is 10.2 Å². The molecule has 0 fully saturated rings. The first-order valence-electron chi connectivity index (χ1n) is 11.9. The number of amides is 1. The second-order valence-electron chi connectivity index (χ2n) is 8.46. The van der Waals surface area contributed by atoms with Crippen molar-refractivity contribution in [2.45, 2.75) is 57.7 Å². The van der Waals surface area contributed by atoms with Crippen molar-refractivity contribution in [3.63, 3.8) is 0 Å². The predicted molar refractivity (Wildman–Crippen MR) is 139 cm³/mol. The molecular formula is C27H32N4O2S. The summed E-state index contributed by atoms with van der Waals surface area (Å²) in [5, 5.41) is 10.2. The van der Waals surface area contributed by atoms with Crippen LogP contribution in [-0.4, -0.2) is 27.8 Å². The highest BCUT2D eigenvalue weighted by molar-refractivity contribution is 7.99. The number of anilines is 1. The maximum Gasteiger partial charge on any atom is 0.262 e. The summed E-state index contributed by atoms with van der Waals surface area (Å²) in [5.41, 5.74) is 1.34. The van der Waals surface area contributed by atoms with Gasteiger partial charge in [0.25, 0.3) is 5.56 Å². The average molecular weight is 477 g/mol. The van der Waals surface area contributed by atoms with Gasteiger partial charge in [0, 0.05) is 18.8 Å². The molecule has 0 unspecified atom stereocenters. The Labute approximate surface area is 205 Å². The minimum Gasteiger partial charge on any atom is -0.311 e. The first-order valence-corrected chi connectivity index (χ1v) is 12.9. The molecule has 34 heavy (non-hydrogen) atoms. The van der Waals surface area contributed by atoms with Gasteiger partial charge in [-0.2, -0.15) is 5.26 Å². The number of carbonyl (C=O) groups excluding carboxylic acids is 1. The van der Waals surface area contributed by atoms with Crippen LogP contribution in [0.25, 0.3) is 10.9 Å². The van der Waals surface area contributed by atoms with E-state index < -0.39 is 0 Å². The van der Waals surface area contributed by atoms with Gasteiger partial charge in [0.05, 0.1) is 29.1 Å². The Balaban J connectivity index is 1.81. The lowest BCUT2D eigenvalue weighted by molar-refractivity contribution is -0.116. The van der Waals surface area contributed by atoms with Gasteiger partial charge in [-0.05, 0) is 36.6 Å². The number of carbonyl (C=O) groups is 1. The van der Waals surface area contributed by atoms with Gasteiger partial charge in [-0.3, -0.25) is 14.2 Å². The molecule has 1 aromatic heterocycles. The number of nitrogens with zero attached hydrogens (tertiary/aromatic N) is 4. The molecule has 3 aromatic rings. The Bertz CT molecular complexity index is 1190. The molecule has 1 atom stereocenters. The third-order valence-electron chi connectivity index (χ3n) is 5.99. The Morgan fingerprint density at radius 3 is 2.62 bits per heavy atom. The van der Waals surface area contributed by atoms with Crippen LogP contribution in [0.4, 0.5) is 5.69 Å². The van der Waals surface area contributed by atoms with Crippen LogP contribution in [0.2, 0.25) is 0 Å². The number of para-hydroxylation sites is 2. The molecule has 0 aliphatic rings. The fraction of sp³-hybridized carbons (Fsp3) is 0.407. The summed E-state index contributed by atoms with van der Waals surface area (Å²) in [7, 11) is 0. The molecule has 6 nitrogen and oxygen atoms in total. The van der Waals surface area contributed by atoms with Crippen LogP contribution in [0.5, 0.6) is 0 Å². The molecule has 0 bridgehead atoms. The van der Waals surface area contributed by atoms with Crippen LogP contribution in [-0.2, 0) is 11.3 Å². The number of hydrogen-bond donors (Lipinski definition) is 0. The van der Waals surface area contributed by atoms with Gasteiger partial charge in [0.15, 0.2) is 5.16 Å². The van der Waals surface area contributed by atoms with E-state index in [2.05, 4.69) is 19.9 Å². The standard InChI is InChI=1S/C27H32N4O2S/c1-3-21(2)12-9-10-18-31-26(33)23-15-7-8-16-24(23)29-27(31)34-20-25(32)30(19-11-17-28)22-13-5-4-6-14-22/h4-8,13-16,21H,3,9-12,18-20H2,1-2H3/t21-/m0/s1. The Morgan fingerprint density at radius 2 is 1.88 bits per heavy atom. The molecule has 3 rings (SSSR count). The zero-order valence-electron chi connectivity index (χ0n) is 19.9. The maximum atomic E-state index is 13.3. The number of nitriles is 1. The van der Waals surface area contributed by atoms with Gasteiger partial charge in [-0.25, -0.2) is 4.98 Å². The summed E-state index contributed by atoms with van der Waals surface area (Å²) in [6.45, 7) is 5.36. The number of rotatable bonds is 12. The lowest BCUT2D eigenvalue weighted by atomic mass is 10.0. The fourth-order valence-corrected chi connectivity index (χ4v) is 4.69. The molecule has 1 heterocycles. The zero-order chi connectivity index (χ0) is 24.3. The lowest BCUT2D eigenvalue weighted by Gasteiger charge is -2.22. The molecule has 0 spiro atoms. The number of fused-ring (bicyclic) bond motifs is 1. The van der Waals surface area contributed by atoms with Crippen molar-refractivity contribution in [2.24, 2.45) is 5.92 Å². The first kappa shape index (κ1) is 25.5. The van der Waals surface area contributed by atoms with Crippen LogP contribution in [0.15, 0.2) is 64.5 Å². The quantitative estimate of drug-likeness (QED) is 0.192. The molecule has 0 N–H and O–H groups in total. The summed E-state index contributed by atoms with van der Waals surface area (Å²) in [5.74, 6) is 0.699. The minimum absolute atomic E-state index is 0.0616. The van der Waals surface area contributed by atoms with Gasteiger partial charge in [-0.1, -0.05) is 75.2 Å². The van der Waals surface area contributed by atoms with Crippen molar-refractivity contribution in [3.8, 4) is 6.07 Å². The summed E-state index contributed by atoms with van der Waals surface area (Å²) < 4.78 is 1.72. The molecule has 7 heteroatoms. The fourth-order valence-electron chi connectivity index (χ4n) is 3.79. The summed E-state index contributed by atoms with van der Waals surface area (Å²) in [6, 6.07) is 18.8. The zero-order valence-corrected chi connectivity index (χ0v) is 20.8. The summed E-state index contributed by atoms with van der Waals surface area (Å²) >= 11 is 1.29. The van der Waals surface area contributed by atoms with Crippen LogP contribution in [0.1, 0.15) is 46.0 Å². The largest absolute Gasteiger partial charge is 0.311 e. The van der Waals surface area contributed by atoms with E-state index in [9.17, 15) is 9.59 Å². The summed E-state index contributed by atoms with van der Waals surface area (Å²) in [4.78, 5) is 32.8. The van der Waals surface area contributed by atoms with E-state index in [1.54, 1.807) is 15.5 Å².